The van der Waals surface area contributed by atoms with Gasteiger partial charge >= 0.3 is 12.0 Å². The minimum Gasteiger partial charge on any atom is -0.493 e. The number of hydrogen-bond acceptors (Lipinski definition) is 4. The largest absolute Gasteiger partial charge is 0.493 e. The number of aliphatic imine (C=N–C) groups is 1. The molecule has 2 aromatic rings. The lowest BCUT2D eigenvalue weighted by molar-refractivity contribution is -0.143. The summed E-state index contributed by atoms with van der Waals surface area (Å²) in [5.41, 5.74) is 0.724. The van der Waals surface area contributed by atoms with E-state index < -0.39 is 17.4 Å². The van der Waals surface area contributed by atoms with Gasteiger partial charge in [0.1, 0.15) is 5.75 Å². The molecule has 0 unspecified atom stereocenters. The number of hydrogen-bond donors (Lipinski definition) is 4. The number of carboxylic acid groups (broad SMARTS) is 1. The van der Waals surface area contributed by atoms with E-state index in [0.717, 1.165) is 11.3 Å². The van der Waals surface area contributed by atoms with Crippen LogP contribution in [0.2, 0.25) is 5.02 Å². The molecule has 1 aliphatic carbocycles. The van der Waals surface area contributed by atoms with Crippen molar-refractivity contribution in [1.82, 2.24) is 16.0 Å². The van der Waals surface area contributed by atoms with Gasteiger partial charge in [-0.25, -0.2) is 9.79 Å². The molecule has 3 rings (SSSR count). The first kappa shape index (κ1) is 24.4. The number of nitrogens with zero attached hydrogens (tertiary/aromatic N) is 1. The van der Waals surface area contributed by atoms with Crippen molar-refractivity contribution in [1.29, 1.82) is 0 Å². The molecule has 0 atom stereocenters. The summed E-state index contributed by atoms with van der Waals surface area (Å²) in [6.45, 7) is 5.26. The minimum atomic E-state index is -0.891. The average molecular weight is 473 g/mol. The highest BCUT2D eigenvalue weighted by Gasteiger charge is 2.50. The van der Waals surface area contributed by atoms with E-state index in [1.807, 2.05) is 24.3 Å². The molecule has 8 nitrogen and oxygen atoms in total. The van der Waals surface area contributed by atoms with Crippen LogP contribution in [0.15, 0.2) is 53.5 Å². The van der Waals surface area contributed by atoms with Crippen molar-refractivity contribution in [2.45, 2.75) is 33.2 Å². The second kappa shape index (κ2) is 11.0. The Balaban J connectivity index is 1.66. The Morgan fingerprint density at radius 3 is 2.33 bits per heavy atom. The molecule has 9 heteroatoms. The fourth-order valence-electron chi connectivity index (χ4n) is 2.93. The number of ether oxygens (including phenoxy) is 1. The Hall–Kier alpha value is -3.26. The Morgan fingerprint density at radius 1 is 1.09 bits per heavy atom. The van der Waals surface area contributed by atoms with E-state index in [1.54, 1.807) is 24.3 Å². The molecule has 0 aliphatic heterocycles. The fourth-order valence-corrected chi connectivity index (χ4v) is 3.05. The second-order valence-corrected chi connectivity index (χ2v) is 8.97. The molecule has 1 aliphatic rings. The van der Waals surface area contributed by atoms with Crippen LogP contribution in [-0.4, -0.2) is 36.2 Å². The van der Waals surface area contributed by atoms with Crippen molar-refractivity contribution in [3.8, 4) is 5.75 Å². The third-order valence-electron chi connectivity index (χ3n) is 5.16. The number of guanidine groups is 1. The number of urea groups is 1. The van der Waals surface area contributed by atoms with Gasteiger partial charge < -0.3 is 20.5 Å². The molecule has 0 heterocycles. The van der Waals surface area contributed by atoms with Crippen molar-refractivity contribution in [2.24, 2.45) is 16.3 Å². The molecule has 2 aromatic carbocycles. The maximum atomic E-state index is 12.4. The molecule has 0 spiro atoms. The van der Waals surface area contributed by atoms with Crippen LogP contribution in [-0.2, 0) is 11.3 Å². The van der Waals surface area contributed by atoms with E-state index in [9.17, 15) is 14.7 Å². The van der Waals surface area contributed by atoms with Gasteiger partial charge in [0, 0.05) is 18.1 Å². The molecule has 33 heavy (non-hydrogen) atoms. The van der Waals surface area contributed by atoms with Crippen LogP contribution in [0.3, 0.4) is 0 Å². The molecular weight excluding hydrogens is 444 g/mol. The van der Waals surface area contributed by atoms with Gasteiger partial charge in [0.2, 0.25) is 5.96 Å². The fraction of sp³-hybridized carbons (Fsp3) is 0.375. The number of carboxylic acids is 1. The molecule has 0 aromatic heterocycles. The zero-order valence-corrected chi connectivity index (χ0v) is 19.5. The van der Waals surface area contributed by atoms with Gasteiger partial charge in [-0.05, 0) is 60.7 Å². The lowest BCUT2D eigenvalue weighted by atomic mass is 10.1. The molecule has 1 fully saturated rings. The first-order valence-corrected chi connectivity index (χ1v) is 11.2. The lowest BCUT2D eigenvalue weighted by Crippen LogP contribution is -2.47. The maximum Gasteiger partial charge on any atom is 0.321 e. The summed E-state index contributed by atoms with van der Waals surface area (Å²) >= 11 is 5.94. The van der Waals surface area contributed by atoms with Crippen molar-refractivity contribution in [2.75, 3.05) is 13.2 Å². The monoisotopic (exact) mass is 472 g/mol. The van der Waals surface area contributed by atoms with E-state index >= 15 is 0 Å². The topological polar surface area (TPSA) is 112 Å². The second-order valence-electron chi connectivity index (χ2n) is 8.53. The summed E-state index contributed by atoms with van der Waals surface area (Å²) in [6.07, 6.45) is 1.12. The summed E-state index contributed by atoms with van der Waals surface area (Å²) < 4.78 is 5.69. The summed E-state index contributed by atoms with van der Waals surface area (Å²) in [6, 6.07) is 14.0. The molecule has 0 bridgehead atoms. The van der Waals surface area contributed by atoms with Crippen LogP contribution in [0.4, 0.5) is 10.5 Å². The highest BCUT2D eigenvalue weighted by atomic mass is 35.5. The van der Waals surface area contributed by atoms with Crippen LogP contribution in [0.1, 0.15) is 32.3 Å². The van der Waals surface area contributed by atoms with E-state index in [-0.39, 0.29) is 12.5 Å². The number of amides is 2. The maximum absolute atomic E-state index is 12.4. The minimum absolute atomic E-state index is 0.0700. The van der Waals surface area contributed by atoms with E-state index in [2.05, 4.69) is 34.8 Å². The smallest absolute Gasteiger partial charge is 0.321 e. The van der Waals surface area contributed by atoms with Crippen molar-refractivity contribution >= 4 is 35.2 Å². The first-order valence-electron chi connectivity index (χ1n) is 10.8. The van der Waals surface area contributed by atoms with Crippen LogP contribution < -0.4 is 20.7 Å². The van der Waals surface area contributed by atoms with Crippen LogP contribution in [0, 0.1) is 11.3 Å². The highest BCUT2D eigenvalue weighted by Crippen LogP contribution is 2.45. The van der Waals surface area contributed by atoms with E-state index in [4.69, 9.17) is 16.3 Å². The summed E-state index contributed by atoms with van der Waals surface area (Å²) in [5, 5.41) is 18.4. The third kappa shape index (κ3) is 7.68. The number of benzene rings is 2. The van der Waals surface area contributed by atoms with Gasteiger partial charge in [0.15, 0.2) is 0 Å². The standard InChI is InChI=1S/C24H29ClN4O4/c1-16(2)14-33-20-9-7-19(8-10-20)28-22(26-13-17-3-5-18(25)6-4-17)29-23(32)27-15-24(11-12-24)21(30)31/h3-10,16H,11-15H2,1-2H3,(H,30,31)(H3,26,27,28,29,32). The Morgan fingerprint density at radius 2 is 1.76 bits per heavy atom. The van der Waals surface area contributed by atoms with Crippen molar-refractivity contribution < 1.29 is 19.4 Å². The summed E-state index contributed by atoms with van der Waals surface area (Å²) in [5.74, 6) is 0.508. The molecule has 0 saturated heterocycles. The SMILES string of the molecule is CC(C)COc1ccc(/N=C(/NCc2ccc(Cl)cc2)NC(=O)NCC2(C(=O)O)CC2)cc1. The predicted molar refractivity (Wildman–Crippen MR) is 128 cm³/mol. The van der Waals surface area contributed by atoms with E-state index in [1.165, 1.54) is 0 Å². The average Bonchev–Trinajstić information content (AvgIpc) is 3.58. The number of carbonyl (C=O) groups is 2. The zero-order valence-electron chi connectivity index (χ0n) is 18.7. The molecule has 0 radical (unpaired) electrons. The highest BCUT2D eigenvalue weighted by molar-refractivity contribution is 6.30. The third-order valence-corrected chi connectivity index (χ3v) is 5.41. The predicted octanol–water partition coefficient (Wildman–Crippen LogP) is 4.32. The number of rotatable bonds is 9. The molecule has 176 valence electrons. The summed E-state index contributed by atoms with van der Waals surface area (Å²) in [4.78, 5) is 28.3. The van der Waals surface area contributed by atoms with Crippen LogP contribution in [0.25, 0.3) is 0 Å². The van der Waals surface area contributed by atoms with Crippen molar-refractivity contribution in [3.05, 3.63) is 59.1 Å². The number of carbonyl (C=O) groups excluding carboxylic acids is 1. The Labute approximate surface area is 198 Å². The lowest BCUT2D eigenvalue weighted by Gasteiger charge is -2.15. The first-order chi connectivity index (χ1) is 15.8. The van der Waals surface area contributed by atoms with Crippen molar-refractivity contribution in [3.63, 3.8) is 0 Å². The molecular formula is C24H29ClN4O4. The quantitative estimate of drug-likeness (QED) is 0.321. The Kier molecular flexibility index (Phi) is 8.16. The van der Waals surface area contributed by atoms with Crippen LogP contribution >= 0.6 is 11.6 Å². The normalized spacial score (nSPS) is 14.5. The Bertz CT molecular complexity index is 987. The number of halogens is 1. The molecule has 4 N–H and O–H groups in total. The van der Waals surface area contributed by atoms with Gasteiger partial charge in [-0.15, -0.1) is 0 Å². The van der Waals surface area contributed by atoms with Gasteiger partial charge in [0.05, 0.1) is 17.7 Å². The van der Waals surface area contributed by atoms with Gasteiger partial charge in [-0.2, -0.15) is 0 Å². The number of aliphatic carboxylic acids is 1. The molecule has 1 saturated carbocycles. The van der Waals surface area contributed by atoms with Gasteiger partial charge in [-0.3, -0.25) is 10.1 Å². The van der Waals surface area contributed by atoms with Gasteiger partial charge in [-0.1, -0.05) is 37.6 Å². The molecule has 2 amide bonds. The number of nitrogens with one attached hydrogen (secondary N) is 3. The van der Waals surface area contributed by atoms with Crippen LogP contribution in [0.5, 0.6) is 5.75 Å². The summed E-state index contributed by atoms with van der Waals surface area (Å²) in [7, 11) is 0. The zero-order chi connectivity index (χ0) is 23.8. The van der Waals surface area contributed by atoms with Gasteiger partial charge in [0.25, 0.3) is 0 Å². The van der Waals surface area contributed by atoms with E-state index in [0.29, 0.717) is 42.6 Å².